The molecule has 2 heterocycles. The molecule has 0 unspecified atom stereocenters. The maximum Gasteiger partial charge on any atom is 0.328 e. The van der Waals surface area contributed by atoms with E-state index in [2.05, 4.69) is 10.1 Å². The maximum atomic E-state index is 10.3. The monoisotopic (exact) mass is 223 g/mol. The van der Waals surface area contributed by atoms with Crippen molar-refractivity contribution in [3.8, 4) is 0 Å². The van der Waals surface area contributed by atoms with Crippen LogP contribution in [0.5, 0.6) is 0 Å². The van der Waals surface area contributed by atoms with E-state index in [0.717, 1.165) is 6.08 Å². The van der Waals surface area contributed by atoms with Crippen molar-refractivity contribution in [1.29, 1.82) is 0 Å². The Labute approximate surface area is 89.6 Å². The lowest BCUT2D eigenvalue weighted by atomic mass is 10.5. The fourth-order valence-corrected chi connectivity index (χ4v) is 1.24. The van der Waals surface area contributed by atoms with E-state index in [-0.39, 0.29) is 0 Å². The Bertz CT molecular complexity index is 547. The van der Waals surface area contributed by atoms with E-state index in [0.29, 0.717) is 16.5 Å². The van der Waals surface area contributed by atoms with Crippen LogP contribution in [0.1, 0.15) is 5.82 Å². The lowest BCUT2D eigenvalue weighted by Crippen LogP contribution is -1.87. The van der Waals surface area contributed by atoms with Crippen LogP contribution in [-0.2, 0) is 4.79 Å². The fraction of sp³-hybridized carbons (Fsp3) is 0. The van der Waals surface area contributed by atoms with E-state index in [9.17, 15) is 4.79 Å². The predicted molar refractivity (Wildman–Crippen MR) is 54.7 cm³/mol. The highest BCUT2D eigenvalue weighted by Crippen LogP contribution is 2.10. The predicted octanol–water partition coefficient (Wildman–Crippen LogP) is 1.48. The third-order valence-electron chi connectivity index (χ3n) is 1.69. The number of aromatic nitrogens is 3. The molecule has 5 nitrogen and oxygen atoms in total. The molecule has 0 spiro atoms. The Morgan fingerprint density at radius 2 is 2.40 bits per heavy atom. The van der Waals surface area contributed by atoms with Gasteiger partial charge in [0, 0.05) is 23.4 Å². The van der Waals surface area contributed by atoms with Gasteiger partial charge in [-0.15, -0.1) is 5.10 Å². The summed E-state index contributed by atoms with van der Waals surface area (Å²) >= 11 is 5.76. The number of fused-ring (bicyclic) bond motifs is 1. The highest BCUT2D eigenvalue weighted by atomic mass is 35.5. The number of carboxylic acid groups (broad SMARTS) is 1. The molecule has 6 heteroatoms. The van der Waals surface area contributed by atoms with Crippen LogP contribution in [0.2, 0.25) is 5.02 Å². The van der Waals surface area contributed by atoms with Crippen molar-refractivity contribution >= 4 is 29.3 Å². The lowest BCUT2D eigenvalue weighted by molar-refractivity contribution is -0.131. The number of aliphatic carboxylic acids is 1. The third kappa shape index (κ3) is 2.13. The molecule has 0 saturated heterocycles. The quantitative estimate of drug-likeness (QED) is 0.783. The normalized spacial score (nSPS) is 11.3. The topological polar surface area (TPSA) is 67.5 Å². The van der Waals surface area contributed by atoms with Crippen LogP contribution in [0, 0.1) is 0 Å². The van der Waals surface area contributed by atoms with Crippen LogP contribution in [-0.4, -0.2) is 25.7 Å². The highest BCUT2D eigenvalue weighted by molar-refractivity contribution is 6.30. The minimum absolute atomic E-state index is 0.333. The van der Waals surface area contributed by atoms with Gasteiger partial charge in [-0.3, -0.25) is 0 Å². The zero-order valence-corrected chi connectivity index (χ0v) is 8.22. The Balaban J connectivity index is 2.43. The van der Waals surface area contributed by atoms with E-state index in [1.54, 1.807) is 18.3 Å². The van der Waals surface area contributed by atoms with Crippen molar-refractivity contribution in [3.63, 3.8) is 0 Å². The van der Waals surface area contributed by atoms with E-state index < -0.39 is 5.97 Å². The highest BCUT2D eigenvalue weighted by Gasteiger charge is 2.01. The van der Waals surface area contributed by atoms with Gasteiger partial charge in [0.25, 0.3) is 0 Å². The average molecular weight is 224 g/mol. The van der Waals surface area contributed by atoms with Gasteiger partial charge < -0.3 is 5.11 Å². The number of rotatable bonds is 2. The van der Waals surface area contributed by atoms with Crippen molar-refractivity contribution in [1.82, 2.24) is 14.6 Å². The second kappa shape index (κ2) is 3.70. The van der Waals surface area contributed by atoms with Gasteiger partial charge in [-0.2, -0.15) is 0 Å². The molecule has 0 saturated carbocycles. The second-order valence-corrected chi connectivity index (χ2v) is 3.23. The Kier molecular flexibility index (Phi) is 2.39. The van der Waals surface area contributed by atoms with Gasteiger partial charge in [-0.25, -0.2) is 14.3 Å². The van der Waals surface area contributed by atoms with Crippen LogP contribution < -0.4 is 0 Å². The zero-order chi connectivity index (χ0) is 10.8. The molecule has 0 fully saturated rings. The summed E-state index contributed by atoms with van der Waals surface area (Å²) in [4.78, 5) is 14.3. The summed E-state index contributed by atoms with van der Waals surface area (Å²) in [5.74, 6) is -0.702. The summed E-state index contributed by atoms with van der Waals surface area (Å²) in [6.45, 7) is 0. The SMILES string of the molecule is O=C(O)/C=C/c1nc2cc(Cl)ccn2n1. The molecule has 0 aliphatic rings. The molecule has 2 rings (SSSR count). The molecule has 0 amide bonds. The molecule has 0 radical (unpaired) electrons. The number of hydrogen-bond acceptors (Lipinski definition) is 3. The Hall–Kier alpha value is -1.88. The Morgan fingerprint density at radius 1 is 1.60 bits per heavy atom. The molecule has 2 aromatic heterocycles. The number of carboxylic acids is 1. The van der Waals surface area contributed by atoms with Crippen LogP contribution in [0.25, 0.3) is 11.7 Å². The van der Waals surface area contributed by atoms with Gasteiger partial charge in [0.05, 0.1) is 0 Å². The molecule has 2 aromatic rings. The molecule has 0 atom stereocenters. The standard InChI is InChI=1S/C9H6ClN3O2/c10-6-3-4-13-8(5-6)11-7(12-13)1-2-9(14)15/h1-5H,(H,14,15)/b2-1+. The van der Waals surface area contributed by atoms with E-state index in [1.807, 2.05) is 0 Å². The zero-order valence-electron chi connectivity index (χ0n) is 7.46. The number of carbonyl (C=O) groups is 1. The number of halogens is 1. The minimum Gasteiger partial charge on any atom is -0.478 e. The van der Waals surface area contributed by atoms with Crippen LogP contribution >= 0.6 is 11.6 Å². The van der Waals surface area contributed by atoms with Crippen molar-refractivity contribution in [2.75, 3.05) is 0 Å². The first-order chi connectivity index (χ1) is 7.15. The van der Waals surface area contributed by atoms with Gasteiger partial charge in [-0.05, 0) is 12.1 Å². The van der Waals surface area contributed by atoms with Gasteiger partial charge in [-0.1, -0.05) is 11.6 Å². The first kappa shape index (κ1) is 9.67. The van der Waals surface area contributed by atoms with Gasteiger partial charge in [0.1, 0.15) is 0 Å². The number of hydrogen-bond donors (Lipinski definition) is 1. The molecule has 0 aliphatic carbocycles. The summed E-state index contributed by atoms with van der Waals surface area (Å²) in [5.41, 5.74) is 0.576. The lowest BCUT2D eigenvalue weighted by Gasteiger charge is -1.89. The molecule has 0 bridgehead atoms. The number of nitrogens with zero attached hydrogens (tertiary/aromatic N) is 3. The van der Waals surface area contributed by atoms with Crippen LogP contribution in [0.3, 0.4) is 0 Å². The molecule has 15 heavy (non-hydrogen) atoms. The molecular formula is C9H6ClN3O2. The molecular weight excluding hydrogens is 218 g/mol. The molecule has 0 aromatic carbocycles. The summed E-state index contributed by atoms with van der Waals surface area (Å²) in [6.07, 6.45) is 3.96. The second-order valence-electron chi connectivity index (χ2n) is 2.79. The van der Waals surface area contributed by atoms with Crippen LogP contribution in [0.4, 0.5) is 0 Å². The first-order valence-electron chi connectivity index (χ1n) is 4.08. The fourth-order valence-electron chi connectivity index (χ4n) is 1.09. The Morgan fingerprint density at radius 3 is 3.13 bits per heavy atom. The summed E-state index contributed by atoms with van der Waals surface area (Å²) in [6, 6.07) is 3.32. The van der Waals surface area contributed by atoms with E-state index in [1.165, 1.54) is 10.6 Å². The summed E-state index contributed by atoms with van der Waals surface area (Å²) in [7, 11) is 0. The van der Waals surface area contributed by atoms with Crippen molar-refractivity contribution in [2.24, 2.45) is 0 Å². The minimum atomic E-state index is -1.04. The third-order valence-corrected chi connectivity index (χ3v) is 1.93. The van der Waals surface area contributed by atoms with Crippen molar-refractivity contribution in [2.45, 2.75) is 0 Å². The molecule has 0 aliphatic heterocycles. The van der Waals surface area contributed by atoms with Crippen molar-refractivity contribution in [3.05, 3.63) is 35.3 Å². The molecule has 76 valence electrons. The van der Waals surface area contributed by atoms with Crippen LogP contribution in [0.15, 0.2) is 24.4 Å². The summed E-state index contributed by atoms with van der Waals surface area (Å²) < 4.78 is 1.52. The van der Waals surface area contributed by atoms with Gasteiger partial charge >= 0.3 is 5.97 Å². The number of pyridine rings is 1. The van der Waals surface area contributed by atoms with E-state index >= 15 is 0 Å². The largest absolute Gasteiger partial charge is 0.478 e. The first-order valence-corrected chi connectivity index (χ1v) is 4.46. The molecule has 1 N–H and O–H groups in total. The van der Waals surface area contributed by atoms with Gasteiger partial charge in [0.2, 0.25) is 0 Å². The smallest absolute Gasteiger partial charge is 0.328 e. The summed E-state index contributed by atoms with van der Waals surface area (Å²) in [5, 5.41) is 13.0. The van der Waals surface area contributed by atoms with Crippen molar-refractivity contribution < 1.29 is 9.90 Å². The van der Waals surface area contributed by atoms with Gasteiger partial charge in [0.15, 0.2) is 11.5 Å². The maximum absolute atomic E-state index is 10.3. The average Bonchev–Trinajstić information content (AvgIpc) is 2.56. The van der Waals surface area contributed by atoms with E-state index in [4.69, 9.17) is 16.7 Å².